The number of pyridine rings is 2. The van der Waals surface area contributed by atoms with Crippen molar-refractivity contribution < 1.29 is 4.79 Å². The van der Waals surface area contributed by atoms with Crippen molar-refractivity contribution in [3.8, 4) is 11.3 Å². The Morgan fingerprint density at radius 2 is 1.87 bits per heavy atom. The highest BCUT2D eigenvalue weighted by Crippen LogP contribution is 2.29. The Morgan fingerprint density at radius 3 is 2.57 bits per heavy atom. The van der Waals surface area contributed by atoms with Crippen LogP contribution in [0.3, 0.4) is 0 Å². The van der Waals surface area contributed by atoms with E-state index in [1.165, 1.54) is 0 Å². The van der Waals surface area contributed by atoms with E-state index in [2.05, 4.69) is 32.1 Å². The summed E-state index contributed by atoms with van der Waals surface area (Å²) in [6, 6.07) is 14.8. The molecule has 3 aromatic rings. The number of benzene rings is 1. The number of amides is 1. The van der Waals surface area contributed by atoms with E-state index in [0.29, 0.717) is 22.0 Å². The highest BCUT2D eigenvalue weighted by Gasteiger charge is 2.18. The Hall–Kier alpha value is -2.96. The molecule has 154 valence electrons. The van der Waals surface area contributed by atoms with Crippen molar-refractivity contribution in [2.75, 3.05) is 43.4 Å². The molecule has 1 aliphatic rings. The van der Waals surface area contributed by atoms with Crippen molar-refractivity contribution in [3.05, 3.63) is 71.0 Å². The van der Waals surface area contributed by atoms with E-state index in [1.807, 2.05) is 43.3 Å². The number of anilines is 2. The molecule has 6 nitrogen and oxygen atoms in total. The molecule has 0 spiro atoms. The third-order valence-electron chi connectivity index (χ3n) is 5.31. The Kier molecular flexibility index (Phi) is 5.97. The van der Waals surface area contributed by atoms with Gasteiger partial charge in [0.05, 0.1) is 22.0 Å². The minimum atomic E-state index is -0.195. The molecule has 30 heavy (non-hydrogen) atoms. The van der Waals surface area contributed by atoms with E-state index >= 15 is 0 Å². The van der Waals surface area contributed by atoms with Gasteiger partial charge >= 0.3 is 0 Å². The van der Waals surface area contributed by atoms with Crippen LogP contribution < -0.4 is 10.2 Å². The average Bonchev–Trinajstić information content (AvgIpc) is 2.76. The van der Waals surface area contributed by atoms with Crippen LogP contribution in [0.4, 0.5) is 11.5 Å². The quantitative estimate of drug-likeness (QED) is 0.686. The molecule has 1 fully saturated rings. The number of piperazine rings is 1. The van der Waals surface area contributed by atoms with Gasteiger partial charge in [-0.1, -0.05) is 17.7 Å². The van der Waals surface area contributed by atoms with Crippen LogP contribution in [-0.2, 0) is 0 Å². The van der Waals surface area contributed by atoms with Gasteiger partial charge in [0.1, 0.15) is 5.82 Å². The molecule has 1 amide bonds. The molecule has 1 aliphatic heterocycles. The molecule has 1 aromatic carbocycles. The van der Waals surface area contributed by atoms with Crippen molar-refractivity contribution in [2.45, 2.75) is 6.92 Å². The van der Waals surface area contributed by atoms with Gasteiger partial charge in [0.15, 0.2) is 0 Å². The molecule has 0 atom stereocenters. The minimum Gasteiger partial charge on any atom is -0.354 e. The van der Waals surface area contributed by atoms with Gasteiger partial charge in [-0.2, -0.15) is 0 Å². The zero-order chi connectivity index (χ0) is 21.1. The zero-order valence-corrected chi connectivity index (χ0v) is 17.9. The largest absolute Gasteiger partial charge is 0.354 e. The summed E-state index contributed by atoms with van der Waals surface area (Å²) in [6.07, 6.45) is 1.72. The molecule has 0 radical (unpaired) electrons. The molecule has 4 rings (SSSR count). The summed E-state index contributed by atoms with van der Waals surface area (Å²) in [5.74, 6) is 0.723. The monoisotopic (exact) mass is 421 g/mol. The van der Waals surface area contributed by atoms with Crippen LogP contribution in [0.15, 0.2) is 54.7 Å². The van der Waals surface area contributed by atoms with E-state index < -0.39 is 0 Å². The van der Waals surface area contributed by atoms with Crippen molar-refractivity contribution in [1.29, 1.82) is 0 Å². The highest BCUT2D eigenvalue weighted by atomic mass is 35.5. The zero-order valence-electron chi connectivity index (χ0n) is 17.1. The molecule has 0 bridgehead atoms. The van der Waals surface area contributed by atoms with E-state index in [1.54, 1.807) is 18.3 Å². The fourth-order valence-electron chi connectivity index (χ4n) is 3.52. The van der Waals surface area contributed by atoms with Crippen LogP contribution in [0.25, 0.3) is 11.3 Å². The summed E-state index contributed by atoms with van der Waals surface area (Å²) in [5, 5.41) is 3.54. The second kappa shape index (κ2) is 8.81. The molecule has 1 saturated heterocycles. The number of nitrogens with zero attached hydrogens (tertiary/aromatic N) is 4. The second-order valence-corrected chi connectivity index (χ2v) is 7.86. The van der Waals surface area contributed by atoms with Crippen molar-refractivity contribution in [2.24, 2.45) is 0 Å². The standard InChI is InChI=1S/C23H24ClN5O/c1-16-18(7-9-22(26-16)29-13-11-28(2)12-14-29)23(30)27-17-6-8-20(24)19(15-17)21-5-3-4-10-25-21/h3-10,15H,11-14H2,1-2H3,(H,27,30). The van der Waals surface area contributed by atoms with Crippen LogP contribution >= 0.6 is 11.6 Å². The number of likely N-dealkylation sites (N-methyl/N-ethyl adjacent to an activating group) is 1. The topological polar surface area (TPSA) is 61.4 Å². The summed E-state index contributed by atoms with van der Waals surface area (Å²) in [6.45, 7) is 5.77. The summed E-state index contributed by atoms with van der Waals surface area (Å²) in [5.41, 5.74) is 3.46. The Balaban J connectivity index is 1.52. The molecule has 0 saturated carbocycles. The average molecular weight is 422 g/mol. The number of aryl methyl sites for hydroxylation is 1. The SMILES string of the molecule is Cc1nc(N2CCN(C)CC2)ccc1C(=O)Nc1ccc(Cl)c(-c2ccccn2)c1. The van der Waals surface area contributed by atoms with E-state index in [9.17, 15) is 4.79 Å². The van der Waals surface area contributed by atoms with Crippen molar-refractivity contribution in [3.63, 3.8) is 0 Å². The van der Waals surface area contributed by atoms with Gasteiger partial charge in [-0.05, 0) is 56.4 Å². The van der Waals surface area contributed by atoms with Crippen LogP contribution in [0.5, 0.6) is 0 Å². The predicted octanol–water partition coefficient (Wildman–Crippen LogP) is 4.11. The van der Waals surface area contributed by atoms with Crippen LogP contribution in [0.1, 0.15) is 16.1 Å². The lowest BCUT2D eigenvalue weighted by molar-refractivity contribution is 0.102. The lowest BCUT2D eigenvalue weighted by atomic mass is 10.1. The molecule has 0 aliphatic carbocycles. The molecular weight excluding hydrogens is 398 g/mol. The van der Waals surface area contributed by atoms with Crippen molar-refractivity contribution in [1.82, 2.24) is 14.9 Å². The fourth-order valence-corrected chi connectivity index (χ4v) is 3.73. The number of rotatable bonds is 4. The first-order valence-electron chi connectivity index (χ1n) is 9.95. The maximum atomic E-state index is 12.9. The van der Waals surface area contributed by atoms with Gasteiger partial charge in [0.2, 0.25) is 0 Å². The Bertz CT molecular complexity index is 1050. The predicted molar refractivity (Wildman–Crippen MR) is 121 cm³/mol. The fraction of sp³-hybridized carbons (Fsp3) is 0.261. The number of hydrogen-bond acceptors (Lipinski definition) is 5. The van der Waals surface area contributed by atoms with E-state index in [-0.39, 0.29) is 5.91 Å². The van der Waals surface area contributed by atoms with Gasteiger partial charge in [-0.15, -0.1) is 0 Å². The first-order chi connectivity index (χ1) is 14.5. The van der Waals surface area contributed by atoms with Crippen molar-refractivity contribution >= 4 is 29.0 Å². The summed E-state index contributed by atoms with van der Waals surface area (Å²) in [4.78, 5) is 26.5. The third kappa shape index (κ3) is 4.45. The molecule has 0 unspecified atom stereocenters. The minimum absolute atomic E-state index is 0.195. The van der Waals surface area contributed by atoms with Gasteiger partial charge in [-0.25, -0.2) is 4.98 Å². The summed E-state index contributed by atoms with van der Waals surface area (Å²) < 4.78 is 0. The maximum absolute atomic E-state index is 12.9. The van der Waals surface area contributed by atoms with Crippen LogP contribution in [0.2, 0.25) is 5.02 Å². The third-order valence-corrected chi connectivity index (χ3v) is 5.64. The summed E-state index contributed by atoms with van der Waals surface area (Å²) in [7, 11) is 2.12. The normalized spacial score (nSPS) is 14.6. The molecule has 2 aromatic heterocycles. The number of nitrogens with one attached hydrogen (secondary N) is 1. The highest BCUT2D eigenvalue weighted by molar-refractivity contribution is 6.33. The number of carbonyl (C=O) groups excluding carboxylic acids is 1. The molecule has 3 heterocycles. The number of halogens is 1. The van der Waals surface area contributed by atoms with E-state index in [4.69, 9.17) is 11.6 Å². The second-order valence-electron chi connectivity index (χ2n) is 7.46. The molecule has 1 N–H and O–H groups in total. The first kappa shape index (κ1) is 20.3. The smallest absolute Gasteiger partial charge is 0.257 e. The lowest BCUT2D eigenvalue weighted by Crippen LogP contribution is -2.44. The number of hydrogen-bond donors (Lipinski definition) is 1. The number of carbonyl (C=O) groups is 1. The maximum Gasteiger partial charge on any atom is 0.257 e. The lowest BCUT2D eigenvalue weighted by Gasteiger charge is -2.33. The van der Waals surface area contributed by atoms with Crippen LogP contribution in [0, 0.1) is 6.92 Å². The van der Waals surface area contributed by atoms with Gasteiger partial charge in [0, 0.05) is 43.6 Å². The first-order valence-corrected chi connectivity index (χ1v) is 10.3. The van der Waals surface area contributed by atoms with Crippen LogP contribution in [-0.4, -0.2) is 54.0 Å². The Morgan fingerprint density at radius 1 is 1.07 bits per heavy atom. The Labute approximate surface area is 181 Å². The molecule has 7 heteroatoms. The summed E-state index contributed by atoms with van der Waals surface area (Å²) >= 11 is 6.34. The number of aromatic nitrogens is 2. The van der Waals surface area contributed by atoms with Gasteiger partial charge in [0.25, 0.3) is 5.91 Å². The molecular formula is C23H24ClN5O. The van der Waals surface area contributed by atoms with Gasteiger partial charge in [-0.3, -0.25) is 9.78 Å². The van der Waals surface area contributed by atoms with E-state index in [0.717, 1.165) is 43.3 Å². The van der Waals surface area contributed by atoms with Gasteiger partial charge < -0.3 is 15.1 Å².